The zero-order valence-corrected chi connectivity index (χ0v) is 18.6. The topological polar surface area (TPSA) is 105 Å². The Morgan fingerprint density at radius 2 is 2.07 bits per heavy atom. The summed E-state index contributed by atoms with van der Waals surface area (Å²) in [6.07, 6.45) is 1.17. The van der Waals surface area contributed by atoms with Gasteiger partial charge in [0, 0.05) is 24.7 Å². The Morgan fingerprint density at radius 1 is 1.30 bits per heavy atom. The number of amides is 1. The van der Waals surface area contributed by atoms with Crippen LogP contribution >= 0.6 is 0 Å². The first-order chi connectivity index (χ1) is 14.1. The number of hydrogen-bond donors (Lipinski definition) is 1. The minimum Gasteiger partial charge on any atom is -0.339 e. The normalized spacial score (nSPS) is 26.2. The van der Waals surface area contributed by atoms with Crippen molar-refractivity contribution in [3.63, 3.8) is 0 Å². The molecule has 1 saturated heterocycles. The molecule has 0 spiro atoms. The molecule has 2 fully saturated rings. The van der Waals surface area contributed by atoms with Gasteiger partial charge in [-0.15, -0.1) is 0 Å². The summed E-state index contributed by atoms with van der Waals surface area (Å²) in [6.45, 7) is 8.39. The van der Waals surface area contributed by atoms with E-state index in [9.17, 15) is 13.2 Å². The van der Waals surface area contributed by atoms with E-state index >= 15 is 0 Å². The van der Waals surface area contributed by atoms with E-state index in [-0.39, 0.29) is 23.6 Å². The largest absolute Gasteiger partial charge is 0.339 e. The number of carbonyl (C=O) groups is 1. The summed E-state index contributed by atoms with van der Waals surface area (Å²) in [5, 5.41) is 3.95. The summed E-state index contributed by atoms with van der Waals surface area (Å²) in [5.74, 6) is 1.11. The van der Waals surface area contributed by atoms with Crippen molar-refractivity contribution in [3.05, 3.63) is 46.6 Å². The van der Waals surface area contributed by atoms with Crippen LogP contribution in [0.25, 0.3) is 0 Å². The van der Waals surface area contributed by atoms with Gasteiger partial charge in [-0.2, -0.15) is 4.98 Å². The van der Waals surface area contributed by atoms with E-state index in [1.165, 1.54) is 0 Å². The lowest BCUT2D eigenvalue weighted by molar-refractivity contribution is 0.0773. The van der Waals surface area contributed by atoms with Crippen molar-refractivity contribution in [2.24, 2.45) is 5.92 Å². The van der Waals surface area contributed by atoms with Crippen LogP contribution < -0.4 is 4.72 Å². The highest BCUT2D eigenvalue weighted by Gasteiger charge is 2.58. The molecule has 2 aromatic rings. The summed E-state index contributed by atoms with van der Waals surface area (Å²) in [5.41, 5.74) is 2.36. The lowest BCUT2D eigenvalue weighted by Crippen LogP contribution is -2.40. The van der Waals surface area contributed by atoms with Gasteiger partial charge in [-0.3, -0.25) is 4.79 Å². The first kappa shape index (κ1) is 21.0. The van der Waals surface area contributed by atoms with Crippen LogP contribution in [0.2, 0.25) is 0 Å². The third kappa shape index (κ3) is 3.65. The molecule has 3 atom stereocenters. The first-order valence-corrected chi connectivity index (χ1v) is 12.0. The van der Waals surface area contributed by atoms with Crippen LogP contribution in [0.3, 0.4) is 0 Å². The van der Waals surface area contributed by atoms with E-state index in [0.29, 0.717) is 43.2 Å². The molecule has 1 aliphatic heterocycles. The fourth-order valence-corrected chi connectivity index (χ4v) is 5.69. The number of benzene rings is 1. The maximum Gasteiger partial charge on any atom is 0.253 e. The number of fused-ring (bicyclic) bond motifs is 1. The smallest absolute Gasteiger partial charge is 0.253 e. The third-order valence-corrected chi connectivity index (χ3v) is 8.05. The average Bonchev–Trinajstić information content (AvgIpc) is 3.35. The molecule has 1 saturated carbocycles. The molecule has 0 unspecified atom stereocenters. The van der Waals surface area contributed by atoms with Crippen molar-refractivity contribution in [3.8, 4) is 0 Å². The number of rotatable bonds is 5. The van der Waals surface area contributed by atoms with Crippen LogP contribution in [0, 0.1) is 26.7 Å². The first-order valence-electron chi connectivity index (χ1n) is 10.3. The summed E-state index contributed by atoms with van der Waals surface area (Å²) in [4.78, 5) is 19.5. The number of nitrogens with zero attached hydrogens (tertiary/aromatic N) is 3. The molecule has 9 heteroatoms. The van der Waals surface area contributed by atoms with Gasteiger partial charge in [0.15, 0.2) is 5.82 Å². The Balaban J connectivity index is 1.62. The van der Waals surface area contributed by atoms with Gasteiger partial charge in [-0.25, -0.2) is 13.1 Å². The minimum absolute atomic E-state index is 0.0196. The minimum atomic E-state index is -3.32. The van der Waals surface area contributed by atoms with Crippen molar-refractivity contribution < 1.29 is 17.7 Å². The fraction of sp³-hybridized carbons (Fsp3) is 0.571. The highest BCUT2D eigenvalue weighted by molar-refractivity contribution is 7.89. The van der Waals surface area contributed by atoms with E-state index in [2.05, 4.69) is 14.9 Å². The van der Waals surface area contributed by atoms with Gasteiger partial charge in [0.25, 0.3) is 5.91 Å². The summed E-state index contributed by atoms with van der Waals surface area (Å²) >= 11 is 0. The van der Waals surface area contributed by atoms with Crippen molar-refractivity contribution in [2.75, 3.05) is 18.8 Å². The molecular weight excluding hydrogens is 404 g/mol. The van der Waals surface area contributed by atoms with Gasteiger partial charge >= 0.3 is 0 Å². The molecule has 1 N–H and O–H groups in total. The summed E-state index contributed by atoms with van der Waals surface area (Å²) in [7, 11) is -3.32. The second-order valence-electron chi connectivity index (χ2n) is 8.64. The van der Waals surface area contributed by atoms with E-state index in [1.54, 1.807) is 13.8 Å². The zero-order chi connectivity index (χ0) is 21.7. The van der Waals surface area contributed by atoms with Crippen LogP contribution in [-0.2, 0) is 15.4 Å². The molecule has 0 radical (unpaired) electrons. The predicted molar refractivity (Wildman–Crippen MR) is 112 cm³/mol. The molecular formula is C21H28N4O4S. The van der Waals surface area contributed by atoms with E-state index in [1.807, 2.05) is 36.9 Å². The monoisotopic (exact) mass is 432 g/mol. The van der Waals surface area contributed by atoms with Crippen LogP contribution in [0.1, 0.15) is 53.0 Å². The Hall–Kier alpha value is -2.26. The number of sulfonamides is 1. The van der Waals surface area contributed by atoms with Crippen molar-refractivity contribution in [1.82, 2.24) is 19.8 Å². The molecule has 1 aromatic carbocycles. The molecule has 162 valence electrons. The van der Waals surface area contributed by atoms with Gasteiger partial charge in [0.1, 0.15) is 0 Å². The molecule has 1 amide bonds. The number of aryl methyl sites for hydroxylation is 3. The highest BCUT2D eigenvalue weighted by Crippen LogP contribution is 2.50. The van der Waals surface area contributed by atoms with Crippen LogP contribution in [0.4, 0.5) is 0 Å². The second-order valence-corrected chi connectivity index (χ2v) is 10.7. The van der Waals surface area contributed by atoms with Gasteiger partial charge in [-0.05, 0) is 69.7 Å². The molecule has 1 aromatic heterocycles. The van der Waals surface area contributed by atoms with Gasteiger partial charge in [0.05, 0.1) is 11.2 Å². The molecule has 0 bridgehead atoms. The van der Waals surface area contributed by atoms with E-state index < -0.39 is 15.4 Å². The zero-order valence-electron chi connectivity index (χ0n) is 17.8. The molecule has 2 aliphatic rings. The summed E-state index contributed by atoms with van der Waals surface area (Å²) < 4.78 is 32.6. The SMILES string of the molecule is CCS(=O)(=O)N[C@@H]1C[C@H]2CN(C(=O)c3ccc(C)c(C)c3)C[C@@]2(c2nc(C)no2)C1. The van der Waals surface area contributed by atoms with Gasteiger partial charge < -0.3 is 9.42 Å². The lowest BCUT2D eigenvalue weighted by atomic mass is 9.80. The Labute approximate surface area is 177 Å². The number of hydrogen-bond acceptors (Lipinski definition) is 6. The van der Waals surface area contributed by atoms with Crippen LogP contribution in [0.5, 0.6) is 0 Å². The molecule has 2 heterocycles. The predicted octanol–water partition coefficient (Wildman–Crippen LogP) is 2.11. The number of nitrogens with one attached hydrogen (secondary N) is 1. The van der Waals surface area contributed by atoms with Crippen molar-refractivity contribution >= 4 is 15.9 Å². The van der Waals surface area contributed by atoms with Crippen LogP contribution in [0.15, 0.2) is 22.7 Å². The maximum absolute atomic E-state index is 13.2. The van der Waals surface area contributed by atoms with Crippen LogP contribution in [-0.4, -0.2) is 54.2 Å². The molecule has 4 rings (SSSR count). The average molecular weight is 433 g/mol. The number of aromatic nitrogens is 2. The quantitative estimate of drug-likeness (QED) is 0.776. The highest BCUT2D eigenvalue weighted by atomic mass is 32.2. The van der Waals surface area contributed by atoms with Gasteiger partial charge in [0.2, 0.25) is 15.9 Å². The van der Waals surface area contributed by atoms with Crippen molar-refractivity contribution in [2.45, 2.75) is 52.0 Å². The molecule has 8 nitrogen and oxygen atoms in total. The maximum atomic E-state index is 13.2. The van der Waals surface area contributed by atoms with Gasteiger partial charge in [-0.1, -0.05) is 11.2 Å². The molecule has 1 aliphatic carbocycles. The van der Waals surface area contributed by atoms with Crippen molar-refractivity contribution in [1.29, 1.82) is 0 Å². The second kappa shape index (κ2) is 7.46. The Bertz CT molecular complexity index is 1080. The molecule has 30 heavy (non-hydrogen) atoms. The Kier molecular flexibility index (Phi) is 5.22. The Morgan fingerprint density at radius 3 is 2.70 bits per heavy atom. The number of likely N-dealkylation sites (tertiary alicyclic amines) is 1. The standard InChI is InChI=1S/C21H28N4O4S/c1-5-30(27,28)24-18-9-17-11-25(19(26)16-7-6-13(2)14(3)8-16)12-21(17,10-18)20-22-15(4)23-29-20/h6-8,17-18,24H,5,9-12H2,1-4H3/t17-,18+,21-/m0/s1. The van der Waals surface area contributed by atoms with E-state index in [4.69, 9.17) is 4.52 Å². The van der Waals surface area contributed by atoms with E-state index in [0.717, 1.165) is 11.1 Å². The lowest BCUT2D eigenvalue weighted by Gasteiger charge is -2.25. The number of carbonyl (C=O) groups excluding carboxylic acids is 1. The third-order valence-electron chi connectivity index (χ3n) is 6.60. The fourth-order valence-electron chi connectivity index (χ4n) is 4.84. The summed E-state index contributed by atoms with van der Waals surface area (Å²) in [6, 6.07) is 5.55.